The minimum Gasteiger partial charge on any atom is -0.372 e. The van der Waals surface area contributed by atoms with Crippen LogP contribution in [0.2, 0.25) is 0 Å². The molecule has 0 spiro atoms. The van der Waals surface area contributed by atoms with Crippen molar-refractivity contribution in [2.24, 2.45) is 0 Å². The summed E-state index contributed by atoms with van der Waals surface area (Å²) in [5, 5.41) is 11.4. The van der Waals surface area contributed by atoms with Gasteiger partial charge in [-0.25, -0.2) is 0 Å². The summed E-state index contributed by atoms with van der Waals surface area (Å²) >= 11 is 0. The van der Waals surface area contributed by atoms with Crippen molar-refractivity contribution in [3.05, 3.63) is 65.7 Å². The molecule has 0 bridgehead atoms. The standard InChI is InChI=1S/C23H24O7S/c1-16-9-11-18(12-10-16)31(25,26)27-15-19-23(24,14-13-17-7-5-4-6-8-17)20-21(28-19)30-22(2,3)29-20/h4-12,19-21,24H,15H2,1-3H3/t19?,20-,21+,23+/m0/s1. The van der Waals surface area contributed by atoms with Crippen molar-refractivity contribution < 1.29 is 31.9 Å². The summed E-state index contributed by atoms with van der Waals surface area (Å²) in [5.74, 6) is 4.75. The number of hydrogen-bond donors (Lipinski definition) is 1. The van der Waals surface area contributed by atoms with Crippen LogP contribution in [0.4, 0.5) is 0 Å². The summed E-state index contributed by atoms with van der Waals surface area (Å²) in [6.07, 6.45) is -2.93. The Labute approximate surface area is 182 Å². The second-order valence-electron chi connectivity index (χ2n) is 8.04. The molecule has 1 N–H and O–H groups in total. The molecular formula is C23H24O7S. The molecule has 8 heteroatoms. The molecule has 0 amide bonds. The maximum Gasteiger partial charge on any atom is 0.297 e. The summed E-state index contributed by atoms with van der Waals surface area (Å²) < 4.78 is 47.7. The van der Waals surface area contributed by atoms with Crippen molar-refractivity contribution in [3.63, 3.8) is 0 Å². The lowest BCUT2D eigenvalue weighted by Gasteiger charge is -2.29. The molecule has 4 atom stereocenters. The van der Waals surface area contributed by atoms with Crippen molar-refractivity contribution in [2.45, 2.75) is 55.6 Å². The minimum absolute atomic E-state index is 0.0174. The monoisotopic (exact) mass is 444 g/mol. The molecule has 2 heterocycles. The van der Waals surface area contributed by atoms with Crippen molar-refractivity contribution in [1.82, 2.24) is 0 Å². The molecule has 2 aliphatic rings. The molecule has 2 aliphatic heterocycles. The highest BCUT2D eigenvalue weighted by Gasteiger charge is 2.63. The van der Waals surface area contributed by atoms with Gasteiger partial charge in [-0.15, -0.1) is 0 Å². The highest BCUT2D eigenvalue weighted by Crippen LogP contribution is 2.43. The predicted octanol–water partition coefficient (Wildman–Crippen LogP) is 2.36. The normalized spacial score (nSPS) is 29.2. The van der Waals surface area contributed by atoms with E-state index in [4.69, 9.17) is 18.4 Å². The topological polar surface area (TPSA) is 91.3 Å². The van der Waals surface area contributed by atoms with E-state index >= 15 is 0 Å². The fraction of sp³-hybridized carbons (Fsp3) is 0.391. The zero-order valence-corrected chi connectivity index (χ0v) is 18.3. The van der Waals surface area contributed by atoms with Gasteiger partial charge in [0.1, 0.15) is 6.10 Å². The molecule has 164 valence electrons. The number of hydrogen-bond acceptors (Lipinski definition) is 7. The van der Waals surface area contributed by atoms with Crippen LogP contribution in [0.3, 0.4) is 0 Å². The maximum atomic E-state index is 12.6. The number of benzene rings is 2. The van der Waals surface area contributed by atoms with Gasteiger partial charge in [-0.05, 0) is 45.0 Å². The number of fused-ring (bicyclic) bond motifs is 1. The van der Waals surface area contributed by atoms with Gasteiger partial charge in [-0.1, -0.05) is 47.7 Å². The molecule has 2 aromatic carbocycles. The first-order valence-corrected chi connectivity index (χ1v) is 11.3. The van der Waals surface area contributed by atoms with Gasteiger partial charge in [0.05, 0.1) is 11.5 Å². The zero-order valence-electron chi connectivity index (χ0n) is 17.4. The third-order valence-electron chi connectivity index (χ3n) is 5.15. The van der Waals surface area contributed by atoms with E-state index in [-0.39, 0.29) is 4.90 Å². The van der Waals surface area contributed by atoms with E-state index in [1.54, 1.807) is 38.1 Å². The SMILES string of the molecule is Cc1ccc(S(=O)(=O)OCC2O[C@@H]3OC(C)(C)O[C@@H]3[C@@]2(O)C#Cc2ccccc2)cc1. The van der Waals surface area contributed by atoms with Gasteiger partial charge >= 0.3 is 0 Å². The van der Waals surface area contributed by atoms with Gasteiger partial charge in [0.2, 0.25) is 0 Å². The molecule has 2 fully saturated rings. The highest BCUT2D eigenvalue weighted by atomic mass is 32.2. The van der Waals surface area contributed by atoms with Gasteiger partial charge in [0.25, 0.3) is 10.1 Å². The summed E-state index contributed by atoms with van der Waals surface area (Å²) in [6.45, 7) is 4.81. The number of aliphatic hydroxyl groups is 1. The van der Waals surface area contributed by atoms with Crippen LogP contribution in [0.1, 0.15) is 25.0 Å². The van der Waals surface area contributed by atoms with Gasteiger partial charge in [-0.2, -0.15) is 8.42 Å². The summed E-state index contributed by atoms with van der Waals surface area (Å²) in [5.41, 5.74) is -0.227. The van der Waals surface area contributed by atoms with Gasteiger partial charge in [0.15, 0.2) is 23.8 Å². The van der Waals surface area contributed by atoms with Crippen LogP contribution in [-0.4, -0.2) is 50.0 Å². The molecule has 2 saturated heterocycles. The lowest BCUT2D eigenvalue weighted by Crippen LogP contribution is -2.49. The molecule has 0 saturated carbocycles. The Hall–Kier alpha value is -2.25. The third kappa shape index (κ3) is 4.53. The van der Waals surface area contributed by atoms with Gasteiger partial charge < -0.3 is 19.3 Å². The molecule has 0 radical (unpaired) electrons. The lowest BCUT2D eigenvalue weighted by molar-refractivity contribution is -0.224. The van der Waals surface area contributed by atoms with Crippen LogP contribution in [0.5, 0.6) is 0 Å². The second-order valence-corrected chi connectivity index (χ2v) is 9.66. The van der Waals surface area contributed by atoms with Crippen LogP contribution in [0.15, 0.2) is 59.5 Å². The Kier molecular flexibility index (Phi) is 5.68. The third-order valence-corrected chi connectivity index (χ3v) is 6.44. The predicted molar refractivity (Wildman–Crippen MR) is 111 cm³/mol. The number of aryl methyl sites for hydroxylation is 1. The molecule has 0 aliphatic carbocycles. The first-order valence-electron chi connectivity index (χ1n) is 9.87. The van der Waals surface area contributed by atoms with Crippen LogP contribution in [0.25, 0.3) is 0 Å². The van der Waals surface area contributed by atoms with E-state index in [0.29, 0.717) is 5.56 Å². The van der Waals surface area contributed by atoms with E-state index in [1.807, 2.05) is 25.1 Å². The quantitative estimate of drug-likeness (QED) is 0.572. The first kappa shape index (κ1) is 22.0. The van der Waals surface area contributed by atoms with Crippen molar-refractivity contribution in [1.29, 1.82) is 0 Å². The van der Waals surface area contributed by atoms with Crippen molar-refractivity contribution >= 4 is 10.1 Å². The van der Waals surface area contributed by atoms with Crippen LogP contribution in [0, 0.1) is 18.8 Å². The molecule has 0 aromatic heterocycles. The van der Waals surface area contributed by atoms with E-state index in [1.165, 1.54) is 12.1 Å². The summed E-state index contributed by atoms with van der Waals surface area (Å²) in [6, 6.07) is 15.4. The number of ether oxygens (including phenoxy) is 3. The molecule has 2 aromatic rings. The lowest BCUT2D eigenvalue weighted by atomic mass is 9.93. The fourth-order valence-electron chi connectivity index (χ4n) is 3.51. The molecule has 7 nitrogen and oxygen atoms in total. The van der Waals surface area contributed by atoms with Crippen LogP contribution >= 0.6 is 0 Å². The summed E-state index contributed by atoms with van der Waals surface area (Å²) in [7, 11) is -4.05. The fourth-order valence-corrected chi connectivity index (χ4v) is 4.42. The van der Waals surface area contributed by atoms with Gasteiger partial charge in [-0.3, -0.25) is 4.18 Å². The molecule has 31 heavy (non-hydrogen) atoms. The Bertz CT molecular complexity index is 1100. The van der Waals surface area contributed by atoms with E-state index in [2.05, 4.69) is 11.8 Å². The average molecular weight is 445 g/mol. The highest BCUT2D eigenvalue weighted by molar-refractivity contribution is 7.86. The van der Waals surface area contributed by atoms with Gasteiger partial charge in [0, 0.05) is 5.56 Å². The Morgan fingerprint density at radius 1 is 1.06 bits per heavy atom. The van der Waals surface area contributed by atoms with Crippen LogP contribution < -0.4 is 0 Å². The molecule has 4 rings (SSSR count). The van der Waals surface area contributed by atoms with E-state index in [0.717, 1.165) is 5.56 Å². The molecular weight excluding hydrogens is 420 g/mol. The Morgan fingerprint density at radius 3 is 2.42 bits per heavy atom. The average Bonchev–Trinajstić information content (AvgIpc) is 3.17. The van der Waals surface area contributed by atoms with E-state index < -0.39 is 46.6 Å². The molecule has 1 unspecified atom stereocenters. The van der Waals surface area contributed by atoms with E-state index in [9.17, 15) is 13.5 Å². The second kappa shape index (κ2) is 8.02. The Morgan fingerprint density at radius 2 is 1.74 bits per heavy atom. The van der Waals surface area contributed by atoms with Crippen molar-refractivity contribution in [3.8, 4) is 11.8 Å². The smallest absolute Gasteiger partial charge is 0.297 e. The first-order chi connectivity index (χ1) is 14.6. The summed E-state index contributed by atoms with van der Waals surface area (Å²) in [4.78, 5) is 0.0174. The minimum atomic E-state index is -4.05. The zero-order chi connectivity index (χ0) is 22.3. The maximum absolute atomic E-state index is 12.6. The number of rotatable bonds is 4. The van der Waals surface area contributed by atoms with Crippen LogP contribution in [-0.2, 0) is 28.5 Å². The van der Waals surface area contributed by atoms with Crippen molar-refractivity contribution in [2.75, 3.05) is 6.61 Å². The largest absolute Gasteiger partial charge is 0.372 e. The Balaban J connectivity index is 1.58.